The second-order valence-corrected chi connectivity index (χ2v) is 6.94. The van der Waals surface area contributed by atoms with E-state index in [-0.39, 0.29) is 0 Å². The minimum Gasteiger partial charge on any atom is -0.309 e. The van der Waals surface area contributed by atoms with Gasteiger partial charge in [0.2, 0.25) is 0 Å². The van der Waals surface area contributed by atoms with Crippen LogP contribution in [0.2, 0.25) is 0 Å². The smallest absolute Gasteiger partial charge is 0.0351 e. The highest BCUT2D eigenvalue weighted by Crippen LogP contribution is 2.29. The van der Waals surface area contributed by atoms with Gasteiger partial charge in [0.15, 0.2) is 0 Å². The SMILES string of the molecule is c1csc(-c2csc(CNC3CCCCC3)c2)c1. The molecule has 1 aliphatic rings. The minimum absolute atomic E-state index is 0.756. The molecule has 2 aromatic heterocycles. The summed E-state index contributed by atoms with van der Waals surface area (Å²) in [5.41, 5.74) is 1.38. The van der Waals surface area contributed by atoms with Crippen molar-refractivity contribution >= 4 is 22.7 Å². The molecule has 0 radical (unpaired) electrons. The molecule has 1 aliphatic carbocycles. The summed E-state index contributed by atoms with van der Waals surface area (Å²) in [5, 5.41) is 8.14. The van der Waals surface area contributed by atoms with Crippen LogP contribution in [0.5, 0.6) is 0 Å². The molecule has 1 fully saturated rings. The number of thiophene rings is 2. The molecule has 1 saturated carbocycles. The van der Waals surface area contributed by atoms with Crippen molar-refractivity contribution in [3.05, 3.63) is 33.8 Å². The highest BCUT2D eigenvalue weighted by atomic mass is 32.1. The summed E-state index contributed by atoms with van der Waals surface area (Å²) >= 11 is 3.70. The first-order valence-corrected chi connectivity index (χ1v) is 8.52. The van der Waals surface area contributed by atoms with Gasteiger partial charge in [-0.15, -0.1) is 22.7 Å². The normalized spacial score (nSPS) is 17.1. The summed E-state index contributed by atoms with van der Waals surface area (Å²) in [6, 6.07) is 7.42. The molecule has 2 heterocycles. The van der Waals surface area contributed by atoms with Gasteiger partial charge in [0, 0.05) is 27.9 Å². The second-order valence-electron chi connectivity index (χ2n) is 4.99. The van der Waals surface area contributed by atoms with Gasteiger partial charge >= 0.3 is 0 Å². The molecule has 0 aliphatic heterocycles. The monoisotopic (exact) mass is 277 g/mol. The van der Waals surface area contributed by atoms with Gasteiger partial charge in [-0.05, 0) is 35.7 Å². The van der Waals surface area contributed by atoms with E-state index < -0.39 is 0 Å². The van der Waals surface area contributed by atoms with Crippen molar-refractivity contribution in [2.24, 2.45) is 0 Å². The fourth-order valence-corrected chi connectivity index (χ4v) is 4.22. The Morgan fingerprint density at radius 1 is 1.17 bits per heavy atom. The lowest BCUT2D eigenvalue weighted by Gasteiger charge is -2.22. The summed E-state index contributed by atoms with van der Waals surface area (Å²) in [6.07, 6.45) is 6.97. The topological polar surface area (TPSA) is 12.0 Å². The lowest BCUT2D eigenvalue weighted by Crippen LogP contribution is -2.30. The van der Waals surface area contributed by atoms with Crippen LogP contribution in [0.1, 0.15) is 37.0 Å². The Kier molecular flexibility index (Phi) is 4.13. The maximum atomic E-state index is 3.71. The molecule has 1 nitrogen and oxygen atoms in total. The van der Waals surface area contributed by atoms with Crippen molar-refractivity contribution < 1.29 is 0 Å². The largest absolute Gasteiger partial charge is 0.309 e. The molecule has 18 heavy (non-hydrogen) atoms. The van der Waals surface area contributed by atoms with Gasteiger partial charge in [-0.3, -0.25) is 0 Å². The second kappa shape index (κ2) is 6.00. The standard InChI is InChI=1S/C15H19NS2/c1-2-5-13(6-3-1)16-10-14-9-12(11-18-14)15-7-4-8-17-15/h4,7-9,11,13,16H,1-3,5-6,10H2. The molecule has 0 unspecified atom stereocenters. The molecule has 0 aromatic carbocycles. The maximum absolute atomic E-state index is 3.71. The van der Waals surface area contributed by atoms with Crippen molar-refractivity contribution in [2.45, 2.75) is 44.7 Å². The van der Waals surface area contributed by atoms with Crippen LogP contribution in [-0.4, -0.2) is 6.04 Å². The van der Waals surface area contributed by atoms with Gasteiger partial charge in [0.1, 0.15) is 0 Å². The molecule has 0 saturated heterocycles. The molecule has 96 valence electrons. The van der Waals surface area contributed by atoms with Crippen LogP contribution in [0, 0.1) is 0 Å². The quantitative estimate of drug-likeness (QED) is 0.838. The van der Waals surface area contributed by atoms with E-state index in [1.54, 1.807) is 0 Å². The van der Waals surface area contributed by atoms with E-state index in [9.17, 15) is 0 Å². The molecule has 0 bridgehead atoms. The van der Waals surface area contributed by atoms with Gasteiger partial charge < -0.3 is 5.32 Å². The Hall–Kier alpha value is -0.640. The molecule has 2 aromatic rings. The Morgan fingerprint density at radius 3 is 2.83 bits per heavy atom. The summed E-state index contributed by atoms with van der Waals surface area (Å²) in [7, 11) is 0. The van der Waals surface area contributed by atoms with E-state index in [0.29, 0.717) is 0 Å². The lowest BCUT2D eigenvalue weighted by atomic mass is 9.95. The Labute approximate surface area is 117 Å². The average Bonchev–Trinajstić information content (AvgIpc) is 3.08. The zero-order chi connectivity index (χ0) is 12.2. The number of hydrogen-bond acceptors (Lipinski definition) is 3. The Bertz CT molecular complexity index is 466. The van der Waals surface area contributed by atoms with Crippen molar-refractivity contribution in [1.29, 1.82) is 0 Å². The minimum atomic E-state index is 0.756. The van der Waals surface area contributed by atoms with Crippen LogP contribution < -0.4 is 5.32 Å². The first-order chi connectivity index (χ1) is 8.92. The van der Waals surface area contributed by atoms with E-state index in [1.165, 1.54) is 47.4 Å². The molecule has 3 rings (SSSR count). The first-order valence-electron chi connectivity index (χ1n) is 6.76. The summed E-state index contributed by atoms with van der Waals surface area (Å²) in [6.45, 7) is 1.04. The molecule has 3 heteroatoms. The van der Waals surface area contributed by atoms with Crippen LogP contribution in [0.15, 0.2) is 29.0 Å². The summed E-state index contributed by atoms with van der Waals surface area (Å²) < 4.78 is 0. The van der Waals surface area contributed by atoms with E-state index in [2.05, 4.69) is 34.3 Å². The predicted molar refractivity (Wildman–Crippen MR) is 81.3 cm³/mol. The van der Waals surface area contributed by atoms with Crippen LogP contribution in [0.3, 0.4) is 0 Å². The molecular formula is C15H19NS2. The van der Waals surface area contributed by atoms with E-state index >= 15 is 0 Å². The predicted octanol–water partition coefficient (Wildman–Crippen LogP) is 4.90. The van der Waals surface area contributed by atoms with Gasteiger partial charge in [-0.25, -0.2) is 0 Å². The summed E-state index contributed by atoms with van der Waals surface area (Å²) in [5.74, 6) is 0. The molecule has 1 N–H and O–H groups in total. The average molecular weight is 277 g/mol. The number of rotatable bonds is 4. The highest BCUT2D eigenvalue weighted by Gasteiger charge is 2.12. The zero-order valence-electron chi connectivity index (χ0n) is 10.5. The Morgan fingerprint density at radius 2 is 2.06 bits per heavy atom. The van der Waals surface area contributed by atoms with Gasteiger partial charge in [0.05, 0.1) is 0 Å². The molecule has 0 spiro atoms. The third-order valence-corrected chi connectivity index (χ3v) is 5.49. The van der Waals surface area contributed by atoms with Crippen molar-refractivity contribution in [3.8, 4) is 10.4 Å². The zero-order valence-corrected chi connectivity index (χ0v) is 12.2. The van der Waals surface area contributed by atoms with E-state index in [0.717, 1.165) is 12.6 Å². The number of hydrogen-bond donors (Lipinski definition) is 1. The van der Waals surface area contributed by atoms with Crippen molar-refractivity contribution in [2.75, 3.05) is 0 Å². The van der Waals surface area contributed by atoms with Crippen molar-refractivity contribution in [1.82, 2.24) is 5.32 Å². The first kappa shape index (κ1) is 12.4. The fraction of sp³-hybridized carbons (Fsp3) is 0.467. The lowest BCUT2D eigenvalue weighted by molar-refractivity contribution is 0.373. The third-order valence-electron chi connectivity index (χ3n) is 3.63. The third kappa shape index (κ3) is 3.02. The van der Waals surface area contributed by atoms with Gasteiger partial charge in [0.25, 0.3) is 0 Å². The fourth-order valence-electron chi connectivity index (χ4n) is 2.60. The highest BCUT2D eigenvalue weighted by molar-refractivity contribution is 7.14. The van der Waals surface area contributed by atoms with Crippen LogP contribution >= 0.6 is 22.7 Å². The van der Waals surface area contributed by atoms with Crippen LogP contribution in [-0.2, 0) is 6.54 Å². The molecular weight excluding hydrogens is 258 g/mol. The van der Waals surface area contributed by atoms with Crippen LogP contribution in [0.4, 0.5) is 0 Å². The van der Waals surface area contributed by atoms with Gasteiger partial charge in [-0.2, -0.15) is 0 Å². The van der Waals surface area contributed by atoms with E-state index in [1.807, 2.05) is 22.7 Å². The number of nitrogens with one attached hydrogen (secondary N) is 1. The van der Waals surface area contributed by atoms with E-state index in [4.69, 9.17) is 0 Å². The maximum Gasteiger partial charge on any atom is 0.0351 e. The van der Waals surface area contributed by atoms with Crippen LogP contribution in [0.25, 0.3) is 10.4 Å². The Balaban J connectivity index is 1.57. The molecule has 0 amide bonds. The molecule has 0 atom stereocenters. The van der Waals surface area contributed by atoms with Crippen molar-refractivity contribution in [3.63, 3.8) is 0 Å². The van der Waals surface area contributed by atoms with Gasteiger partial charge in [-0.1, -0.05) is 25.3 Å². The summed E-state index contributed by atoms with van der Waals surface area (Å²) in [4.78, 5) is 2.85.